The van der Waals surface area contributed by atoms with Crippen LogP contribution in [0.4, 0.5) is 4.79 Å². The van der Waals surface area contributed by atoms with E-state index in [0.29, 0.717) is 6.54 Å². The quantitative estimate of drug-likeness (QED) is 0.816. The molecule has 0 spiro atoms. The Morgan fingerprint density at radius 1 is 1.50 bits per heavy atom. The fraction of sp³-hybridized carbons (Fsp3) is 0.588. The zero-order valence-electron chi connectivity index (χ0n) is 13.4. The van der Waals surface area contributed by atoms with Gasteiger partial charge in [-0.15, -0.1) is 0 Å². The van der Waals surface area contributed by atoms with E-state index in [-0.39, 0.29) is 11.5 Å². The van der Waals surface area contributed by atoms with Crippen molar-refractivity contribution >= 4 is 17.7 Å². The van der Waals surface area contributed by atoms with E-state index in [1.54, 1.807) is 0 Å². The van der Waals surface area contributed by atoms with Gasteiger partial charge in [-0.05, 0) is 56.3 Å². The van der Waals surface area contributed by atoms with Crippen molar-refractivity contribution in [3.05, 3.63) is 34.3 Å². The van der Waals surface area contributed by atoms with Crippen molar-refractivity contribution in [1.29, 1.82) is 0 Å². The number of methoxy groups -OCH3 is 1. The highest BCUT2D eigenvalue weighted by atomic mass is 35.5. The Morgan fingerprint density at radius 3 is 2.95 bits per heavy atom. The third-order valence-electron chi connectivity index (χ3n) is 4.54. The van der Waals surface area contributed by atoms with Gasteiger partial charge >= 0.3 is 6.09 Å². The minimum Gasteiger partial charge on any atom is -0.453 e. The van der Waals surface area contributed by atoms with E-state index in [2.05, 4.69) is 33.6 Å². The third-order valence-corrected chi connectivity index (χ3v) is 4.95. The smallest absolute Gasteiger partial charge is 0.406 e. The minimum atomic E-state index is -0.366. The summed E-state index contributed by atoms with van der Waals surface area (Å²) in [5, 5.41) is 7.10. The van der Waals surface area contributed by atoms with Crippen LogP contribution < -0.4 is 10.6 Å². The van der Waals surface area contributed by atoms with Crippen molar-refractivity contribution in [2.24, 2.45) is 0 Å². The van der Waals surface area contributed by atoms with Gasteiger partial charge in [0.05, 0.1) is 7.11 Å². The number of carbonyl (C=O) groups excluding carboxylic acids is 1. The van der Waals surface area contributed by atoms with Gasteiger partial charge in [-0.1, -0.05) is 23.7 Å². The van der Waals surface area contributed by atoms with E-state index in [4.69, 9.17) is 11.6 Å². The first-order valence-corrected chi connectivity index (χ1v) is 8.24. The maximum Gasteiger partial charge on any atom is 0.406 e. The molecule has 0 aromatic heterocycles. The lowest BCUT2D eigenvalue weighted by Gasteiger charge is -2.39. The average Bonchev–Trinajstić information content (AvgIpc) is 2.54. The lowest BCUT2D eigenvalue weighted by atomic mass is 9.71. The van der Waals surface area contributed by atoms with Crippen LogP contribution in [0.25, 0.3) is 0 Å². The Kier molecular flexibility index (Phi) is 6.09. The SMILES string of the molecule is COC(=O)NCCC[C@]1(c2ccc(C)c(Cl)c2)CCCNC1. The van der Waals surface area contributed by atoms with Crippen LogP contribution in [0.5, 0.6) is 0 Å². The van der Waals surface area contributed by atoms with Crippen molar-refractivity contribution in [1.82, 2.24) is 10.6 Å². The molecule has 1 heterocycles. The number of nitrogens with one attached hydrogen (secondary N) is 2. The summed E-state index contributed by atoms with van der Waals surface area (Å²) in [4.78, 5) is 11.1. The van der Waals surface area contributed by atoms with E-state index >= 15 is 0 Å². The molecule has 1 saturated heterocycles. The Bertz CT molecular complexity index is 513. The molecule has 1 amide bonds. The van der Waals surface area contributed by atoms with Crippen molar-refractivity contribution in [3.8, 4) is 0 Å². The molecule has 0 bridgehead atoms. The molecule has 122 valence electrons. The fourth-order valence-corrected chi connectivity index (χ4v) is 3.36. The molecule has 1 aromatic carbocycles. The zero-order valence-corrected chi connectivity index (χ0v) is 14.1. The van der Waals surface area contributed by atoms with Crippen LogP contribution >= 0.6 is 11.6 Å². The Hall–Kier alpha value is -1.26. The summed E-state index contributed by atoms with van der Waals surface area (Å²) in [6, 6.07) is 6.40. The first kappa shape index (κ1) is 17.1. The zero-order chi connectivity index (χ0) is 16.0. The van der Waals surface area contributed by atoms with Crippen LogP contribution in [-0.4, -0.2) is 32.8 Å². The molecule has 0 saturated carbocycles. The van der Waals surface area contributed by atoms with Crippen LogP contribution in [0.15, 0.2) is 18.2 Å². The number of piperidine rings is 1. The number of hydrogen-bond acceptors (Lipinski definition) is 3. The number of alkyl carbamates (subject to hydrolysis) is 1. The van der Waals surface area contributed by atoms with Crippen molar-refractivity contribution in [2.45, 2.75) is 38.0 Å². The molecule has 1 aliphatic rings. The third kappa shape index (κ3) is 4.14. The van der Waals surface area contributed by atoms with Gasteiger partial charge in [0.1, 0.15) is 0 Å². The van der Waals surface area contributed by atoms with Gasteiger partial charge in [-0.2, -0.15) is 0 Å². The van der Waals surface area contributed by atoms with Gasteiger partial charge in [-0.25, -0.2) is 4.79 Å². The van der Waals surface area contributed by atoms with E-state index in [1.807, 2.05) is 6.92 Å². The number of hydrogen-bond donors (Lipinski definition) is 2. The van der Waals surface area contributed by atoms with E-state index in [0.717, 1.165) is 49.4 Å². The predicted molar refractivity (Wildman–Crippen MR) is 89.6 cm³/mol. The number of ether oxygens (including phenoxy) is 1. The van der Waals surface area contributed by atoms with E-state index in [1.165, 1.54) is 12.7 Å². The summed E-state index contributed by atoms with van der Waals surface area (Å²) in [5.74, 6) is 0. The summed E-state index contributed by atoms with van der Waals surface area (Å²) in [6.45, 7) is 4.69. The standard InChI is InChI=1S/C17H25ClN2O2/c1-13-5-6-14(11-15(13)18)17(7-3-9-19-12-17)8-4-10-20-16(21)22-2/h5-6,11,19H,3-4,7-10,12H2,1-2H3,(H,20,21)/t17-/m1/s1. The van der Waals surface area contributed by atoms with Gasteiger partial charge in [0.15, 0.2) is 0 Å². The highest BCUT2D eigenvalue weighted by Crippen LogP contribution is 2.37. The Morgan fingerprint density at radius 2 is 2.32 bits per heavy atom. The lowest BCUT2D eigenvalue weighted by Crippen LogP contribution is -2.44. The molecule has 0 aliphatic carbocycles. The van der Waals surface area contributed by atoms with Crippen LogP contribution in [0.2, 0.25) is 5.02 Å². The topological polar surface area (TPSA) is 50.4 Å². The molecule has 1 aliphatic heterocycles. The van der Waals surface area contributed by atoms with Gasteiger partial charge in [0, 0.05) is 23.5 Å². The number of aryl methyl sites for hydroxylation is 1. The minimum absolute atomic E-state index is 0.105. The van der Waals surface area contributed by atoms with Gasteiger partial charge in [-0.3, -0.25) is 0 Å². The largest absolute Gasteiger partial charge is 0.453 e. The summed E-state index contributed by atoms with van der Waals surface area (Å²) in [7, 11) is 1.39. The summed E-state index contributed by atoms with van der Waals surface area (Å²) < 4.78 is 4.60. The van der Waals surface area contributed by atoms with Crippen LogP contribution in [0.3, 0.4) is 0 Å². The first-order chi connectivity index (χ1) is 10.6. The van der Waals surface area contributed by atoms with Crippen molar-refractivity contribution in [3.63, 3.8) is 0 Å². The highest BCUT2D eigenvalue weighted by Gasteiger charge is 2.33. The van der Waals surface area contributed by atoms with Crippen LogP contribution in [-0.2, 0) is 10.2 Å². The molecule has 2 rings (SSSR count). The first-order valence-electron chi connectivity index (χ1n) is 7.86. The molecule has 22 heavy (non-hydrogen) atoms. The number of rotatable bonds is 5. The van der Waals surface area contributed by atoms with Crippen LogP contribution in [0, 0.1) is 6.92 Å². The van der Waals surface area contributed by atoms with Crippen molar-refractivity contribution < 1.29 is 9.53 Å². The molecule has 1 fully saturated rings. The maximum absolute atomic E-state index is 11.1. The molecule has 0 unspecified atom stereocenters. The number of halogens is 1. The summed E-state index contributed by atoms with van der Waals surface area (Å²) in [5.41, 5.74) is 2.51. The van der Waals surface area contributed by atoms with Gasteiger partial charge in [0.25, 0.3) is 0 Å². The maximum atomic E-state index is 11.1. The van der Waals surface area contributed by atoms with Crippen LogP contribution in [0.1, 0.15) is 36.8 Å². The lowest BCUT2D eigenvalue weighted by molar-refractivity contribution is 0.170. The molecular formula is C17H25ClN2O2. The second-order valence-electron chi connectivity index (χ2n) is 6.05. The number of amides is 1. The van der Waals surface area contributed by atoms with E-state index in [9.17, 15) is 4.79 Å². The fourth-order valence-electron chi connectivity index (χ4n) is 3.18. The molecule has 0 radical (unpaired) electrons. The van der Waals surface area contributed by atoms with Crippen molar-refractivity contribution in [2.75, 3.05) is 26.7 Å². The molecule has 2 N–H and O–H groups in total. The monoisotopic (exact) mass is 324 g/mol. The second-order valence-corrected chi connectivity index (χ2v) is 6.45. The second kappa shape index (κ2) is 7.84. The molecule has 1 aromatic rings. The van der Waals surface area contributed by atoms with Gasteiger partial charge in [0.2, 0.25) is 0 Å². The summed E-state index contributed by atoms with van der Waals surface area (Å²) in [6.07, 6.45) is 3.88. The Labute approximate surface area is 137 Å². The number of carbonyl (C=O) groups is 1. The predicted octanol–water partition coefficient (Wildman–Crippen LogP) is 3.41. The number of benzene rings is 1. The molecule has 1 atom stereocenters. The highest BCUT2D eigenvalue weighted by molar-refractivity contribution is 6.31. The normalized spacial score (nSPS) is 21.4. The van der Waals surface area contributed by atoms with E-state index < -0.39 is 0 Å². The Balaban J connectivity index is 2.06. The average molecular weight is 325 g/mol. The molecule has 5 heteroatoms. The molecule has 4 nitrogen and oxygen atoms in total. The molecular weight excluding hydrogens is 300 g/mol. The summed E-state index contributed by atoms with van der Waals surface area (Å²) >= 11 is 6.32. The van der Waals surface area contributed by atoms with Gasteiger partial charge < -0.3 is 15.4 Å².